The number of nitrogens with two attached hydrogens (primary N) is 1. The van der Waals surface area contributed by atoms with Crippen LogP contribution in [0.2, 0.25) is 0 Å². The van der Waals surface area contributed by atoms with E-state index >= 15 is 0 Å². The first-order valence-electron chi connectivity index (χ1n) is 8.94. The molecule has 0 spiro atoms. The van der Waals surface area contributed by atoms with E-state index in [0.717, 1.165) is 23.2 Å². The average Bonchev–Trinajstić information content (AvgIpc) is 3.05. The van der Waals surface area contributed by atoms with E-state index in [1.54, 1.807) is 15.9 Å². The summed E-state index contributed by atoms with van der Waals surface area (Å²) in [6, 6.07) is 12.3. The highest BCUT2D eigenvalue weighted by Crippen LogP contribution is 2.24. The Morgan fingerprint density at radius 2 is 1.96 bits per heavy atom. The maximum atomic E-state index is 14.1. The number of hydrogen-bond donors (Lipinski definition) is 2. The summed E-state index contributed by atoms with van der Waals surface area (Å²) in [7, 11) is 0. The van der Waals surface area contributed by atoms with Gasteiger partial charge in [0.25, 0.3) is 0 Å². The zero-order chi connectivity index (χ0) is 19.4. The zero-order valence-electron chi connectivity index (χ0n) is 15.3. The summed E-state index contributed by atoms with van der Waals surface area (Å²) in [6.45, 7) is 3.39. The van der Waals surface area contributed by atoms with E-state index in [9.17, 15) is 9.18 Å². The van der Waals surface area contributed by atoms with Crippen LogP contribution in [0.25, 0.3) is 5.57 Å². The number of rotatable bonds is 6. The van der Waals surface area contributed by atoms with Gasteiger partial charge < -0.3 is 16.0 Å². The second kappa shape index (κ2) is 8.03. The van der Waals surface area contributed by atoms with Crippen LogP contribution >= 0.6 is 0 Å². The van der Waals surface area contributed by atoms with Crippen molar-refractivity contribution >= 4 is 23.5 Å². The molecule has 0 bridgehead atoms. The molecule has 1 fully saturated rings. The number of aryl methyl sites for hydroxylation is 1. The van der Waals surface area contributed by atoms with Crippen molar-refractivity contribution in [2.24, 2.45) is 5.73 Å². The van der Waals surface area contributed by atoms with Crippen LogP contribution in [0, 0.1) is 11.2 Å². The molecule has 1 aliphatic heterocycles. The van der Waals surface area contributed by atoms with Crippen LogP contribution in [-0.4, -0.2) is 30.2 Å². The number of allylic oxidation sites excluding steroid dienone is 1. The number of hydrogen-bond acceptors (Lipinski definition) is 3. The van der Waals surface area contributed by atoms with Crippen molar-refractivity contribution in [1.82, 2.24) is 4.90 Å². The van der Waals surface area contributed by atoms with Crippen molar-refractivity contribution in [1.29, 1.82) is 5.41 Å². The van der Waals surface area contributed by atoms with Crippen molar-refractivity contribution in [3.8, 4) is 0 Å². The third-order valence-electron chi connectivity index (χ3n) is 4.82. The minimum absolute atomic E-state index is 0.134. The van der Waals surface area contributed by atoms with E-state index in [-0.39, 0.29) is 18.4 Å². The lowest BCUT2D eigenvalue weighted by atomic mass is 10.1. The van der Waals surface area contributed by atoms with E-state index in [1.807, 2.05) is 37.3 Å². The van der Waals surface area contributed by atoms with Crippen molar-refractivity contribution in [3.05, 3.63) is 71.2 Å². The Morgan fingerprint density at radius 3 is 2.59 bits per heavy atom. The third kappa shape index (κ3) is 3.84. The lowest BCUT2D eigenvalue weighted by Gasteiger charge is -2.19. The van der Waals surface area contributed by atoms with E-state index in [2.05, 4.69) is 0 Å². The lowest BCUT2D eigenvalue weighted by Crippen LogP contribution is -2.31. The second-order valence-electron chi connectivity index (χ2n) is 6.45. The van der Waals surface area contributed by atoms with E-state index < -0.39 is 0 Å². The number of carbonyl (C=O) groups excluding carboxylic acids is 1. The van der Waals surface area contributed by atoms with Crippen molar-refractivity contribution in [2.45, 2.75) is 19.9 Å². The fourth-order valence-electron chi connectivity index (χ4n) is 3.21. The summed E-state index contributed by atoms with van der Waals surface area (Å²) in [5, 5.41) is 7.35. The molecular weight excluding hydrogens is 343 g/mol. The Hall–Kier alpha value is -3.15. The number of urea groups is 1. The summed E-state index contributed by atoms with van der Waals surface area (Å²) in [4.78, 5) is 16.1. The second-order valence-corrected chi connectivity index (χ2v) is 6.45. The van der Waals surface area contributed by atoms with Gasteiger partial charge in [-0.15, -0.1) is 0 Å². The van der Waals surface area contributed by atoms with Gasteiger partial charge >= 0.3 is 6.03 Å². The van der Waals surface area contributed by atoms with Gasteiger partial charge in [-0.1, -0.05) is 31.2 Å². The Labute approximate surface area is 158 Å². The van der Waals surface area contributed by atoms with Gasteiger partial charge in [0.05, 0.1) is 6.54 Å². The molecule has 3 N–H and O–H groups in total. The highest BCUT2D eigenvalue weighted by atomic mass is 19.1. The molecule has 0 saturated carbocycles. The average molecular weight is 366 g/mol. The molecule has 27 heavy (non-hydrogen) atoms. The molecule has 2 amide bonds. The molecule has 6 heteroatoms. The molecule has 1 saturated heterocycles. The van der Waals surface area contributed by atoms with E-state index in [0.29, 0.717) is 24.2 Å². The topological polar surface area (TPSA) is 73.4 Å². The van der Waals surface area contributed by atoms with Gasteiger partial charge in [0.15, 0.2) is 0 Å². The molecule has 0 aromatic heterocycles. The summed E-state index contributed by atoms with van der Waals surface area (Å²) >= 11 is 0. The molecule has 5 nitrogen and oxygen atoms in total. The van der Waals surface area contributed by atoms with Crippen LogP contribution in [-0.2, 0) is 13.0 Å². The number of amides is 2. The van der Waals surface area contributed by atoms with Gasteiger partial charge in [-0.05, 0) is 35.7 Å². The SMILES string of the molecule is CCc1ccc(F)c(CN2CCN(c3ccc(/C(C=N)=C/N)cc3)C2=O)c1. The van der Waals surface area contributed by atoms with E-state index in [1.165, 1.54) is 18.5 Å². The fourth-order valence-corrected chi connectivity index (χ4v) is 3.21. The van der Waals surface area contributed by atoms with Crippen LogP contribution in [0.15, 0.2) is 48.7 Å². The molecule has 140 valence electrons. The van der Waals surface area contributed by atoms with Crippen LogP contribution in [0.3, 0.4) is 0 Å². The molecule has 2 aromatic carbocycles. The van der Waals surface area contributed by atoms with Crippen LogP contribution in [0.4, 0.5) is 14.9 Å². The van der Waals surface area contributed by atoms with Crippen molar-refractivity contribution in [3.63, 3.8) is 0 Å². The van der Waals surface area contributed by atoms with E-state index in [4.69, 9.17) is 11.1 Å². The van der Waals surface area contributed by atoms with Crippen molar-refractivity contribution < 1.29 is 9.18 Å². The molecule has 1 aliphatic rings. The predicted octanol–water partition coefficient (Wildman–Crippen LogP) is 3.78. The zero-order valence-corrected chi connectivity index (χ0v) is 15.3. The standard InChI is InChI=1S/C21H23FN4O/c1-2-15-3-8-20(22)17(11-15)14-25-9-10-26(21(25)27)19-6-4-16(5-7-19)18(12-23)13-24/h3-8,11-13,23H,2,9-10,14,24H2,1H3/b18-13+,23-12?. The van der Waals surface area contributed by atoms with Gasteiger partial charge in [0.1, 0.15) is 5.82 Å². The van der Waals surface area contributed by atoms with Crippen LogP contribution in [0.5, 0.6) is 0 Å². The van der Waals surface area contributed by atoms with Crippen molar-refractivity contribution in [2.75, 3.05) is 18.0 Å². The highest BCUT2D eigenvalue weighted by Gasteiger charge is 2.30. The maximum absolute atomic E-state index is 14.1. The van der Waals surface area contributed by atoms with Crippen LogP contribution in [0.1, 0.15) is 23.6 Å². The quantitative estimate of drug-likeness (QED) is 0.764. The Bertz CT molecular complexity index is 876. The largest absolute Gasteiger partial charge is 0.404 e. The number of carbonyl (C=O) groups is 1. The third-order valence-corrected chi connectivity index (χ3v) is 4.82. The Kier molecular flexibility index (Phi) is 5.54. The molecule has 2 aromatic rings. The highest BCUT2D eigenvalue weighted by molar-refractivity contribution is 6.08. The van der Waals surface area contributed by atoms with Gasteiger partial charge in [-0.25, -0.2) is 9.18 Å². The summed E-state index contributed by atoms with van der Waals surface area (Å²) in [5.41, 5.74) is 9.31. The molecule has 0 unspecified atom stereocenters. The van der Waals surface area contributed by atoms with Gasteiger partial charge in [-0.2, -0.15) is 0 Å². The van der Waals surface area contributed by atoms with Gasteiger partial charge in [0.2, 0.25) is 0 Å². The summed E-state index contributed by atoms with van der Waals surface area (Å²) in [6.07, 6.45) is 3.40. The maximum Gasteiger partial charge on any atom is 0.324 e. The summed E-state index contributed by atoms with van der Waals surface area (Å²) < 4.78 is 14.1. The number of nitrogens with zero attached hydrogens (tertiary/aromatic N) is 2. The first-order valence-corrected chi connectivity index (χ1v) is 8.94. The fraction of sp³-hybridized carbons (Fsp3) is 0.238. The first kappa shape index (κ1) is 18.6. The molecule has 0 atom stereocenters. The molecule has 1 heterocycles. The minimum atomic E-state index is -0.282. The summed E-state index contributed by atoms with van der Waals surface area (Å²) in [5.74, 6) is -0.282. The van der Waals surface area contributed by atoms with Crippen LogP contribution < -0.4 is 10.6 Å². The number of nitrogens with one attached hydrogen (secondary N) is 1. The minimum Gasteiger partial charge on any atom is -0.404 e. The first-order chi connectivity index (χ1) is 13.1. The monoisotopic (exact) mass is 366 g/mol. The molecule has 0 aliphatic carbocycles. The number of anilines is 1. The lowest BCUT2D eigenvalue weighted by molar-refractivity contribution is 0.218. The van der Waals surface area contributed by atoms with Gasteiger partial charge in [0, 0.05) is 42.3 Å². The Balaban J connectivity index is 1.74. The number of halogens is 1. The Morgan fingerprint density at radius 1 is 1.22 bits per heavy atom. The van der Waals surface area contributed by atoms with Gasteiger partial charge in [-0.3, -0.25) is 4.90 Å². The molecule has 3 rings (SSSR count). The molecule has 0 radical (unpaired) electrons. The molecular formula is C21H23FN4O. The number of benzene rings is 2. The predicted molar refractivity (Wildman–Crippen MR) is 106 cm³/mol. The normalized spacial score (nSPS) is 14.7. The smallest absolute Gasteiger partial charge is 0.324 e.